The Morgan fingerprint density at radius 2 is 1.63 bits per heavy atom. The third-order valence-corrected chi connectivity index (χ3v) is 4.94. The lowest BCUT2D eigenvalue weighted by atomic mass is 9.99. The van der Waals surface area contributed by atoms with Crippen LogP contribution in [0.3, 0.4) is 0 Å². The van der Waals surface area contributed by atoms with E-state index in [4.69, 9.17) is 14.6 Å². The maximum Gasteiger partial charge on any atom is 0.335 e. The topological polar surface area (TPSA) is 55.8 Å². The molecule has 4 rings (SSSR count). The predicted octanol–water partition coefficient (Wildman–Crippen LogP) is 6.41. The van der Waals surface area contributed by atoms with E-state index in [0.717, 1.165) is 33.4 Å². The SMILES string of the molecule is C=C(C(=O)O)c1ccc(Oc2c(-c3cccc(OC)c3)ccc3ccccc23)cc1. The molecule has 0 aliphatic heterocycles. The van der Waals surface area contributed by atoms with Gasteiger partial charge in [-0.05, 0) is 46.8 Å². The first-order chi connectivity index (χ1) is 14.6. The molecule has 4 heteroatoms. The Morgan fingerprint density at radius 1 is 0.867 bits per heavy atom. The Bertz CT molecular complexity index is 1240. The number of benzene rings is 4. The van der Waals surface area contributed by atoms with E-state index in [1.54, 1.807) is 31.4 Å². The molecule has 0 aliphatic carbocycles. The average molecular weight is 396 g/mol. The minimum Gasteiger partial charge on any atom is -0.497 e. The van der Waals surface area contributed by atoms with Gasteiger partial charge in [-0.2, -0.15) is 0 Å². The van der Waals surface area contributed by atoms with Gasteiger partial charge in [0.25, 0.3) is 0 Å². The fraction of sp³-hybridized carbons (Fsp3) is 0.0385. The zero-order valence-corrected chi connectivity index (χ0v) is 16.5. The number of carboxylic acid groups (broad SMARTS) is 1. The Hall–Kier alpha value is -4.05. The van der Waals surface area contributed by atoms with Crippen LogP contribution in [0.5, 0.6) is 17.2 Å². The highest BCUT2D eigenvalue weighted by Crippen LogP contribution is 2.40. The third kappa shape index (κ3) is 3.76. The van der Waals surface area contributed by atoms with Gasteiger partial charge in [0.05, 0.1) is 12.7 Å². The molecule has 0 fully saturated rings. The van der Waals surface area contributed by atoms with Crippen LogP contribution in [0.2, 0.25) is 0 Å². The van der Waals surface area contributed by atoms with E-state index in [1.807, 2.05) is 54.6 Å². The largest absolute Gasteiger partial charge is 0.497 e. The van der Waals surface area contributed by atoms with E-state index in [1.165, 1.54) is 0 Å². The molecule has 0 radical (unpaired) electrons. The highest BCUT2D eigenvalue weighted by Gasteiger charge is 2.14. The van der Waals surface area contributed by atoms with Crippen molar-refractivity contribution >= 4 is 22.3 Å². The minimum atomic E-state index is -1.04. The molecule has 0 unspecified atom stereocenters. The van der Waals surface area contributed by atoms with Crippen molar-refractivity contribution < 1.29 is 19.4 Å². The van der Waals surface area contributed by atoms with Crippen molar-refractivity contribution in [1.82, 2.24) is 0 Å². The quantitative estimate of drug-likeness (QED) is 0.383. The van der Waals surface area contributed by atoms with Crippen LogP contribution in [-0.2, 0) is 4.79 Å². The van der Waals surface area contributed by atoms with Crippen molar-refractivity contribution in [2.45, 2.75) is 0 Å². The van der Waals surface area contributed by atoms with E-state index in [-0.39, 0.29) is 5.57 Å². The highest BCUT2D eigenvalue weighted by atomic mass is 16.5. The van der Waals surface area contributed by atoms with Gasteiger partial charge in [0.1, 0.15) is 17.2 Å². The second kappa shape index (κ2) is 8.13. The summed E-state index contributed by atoms with van der Waals surface area (Å²) in [5.41, 5.74) is 2.50. The van der Waals surface area contributed by atoms with Crippen molar-refractivity contribution in [3.63, 3.8) is 0 Å². The van der Waals surface area contributed by atoms with E-state index in [0.29, 0.717) is 11.3 Å². The lowest BCUT2D eigenvalue weighted by Gasteiger charge is -2.15. The lowest BCUT2D eigenvalue weighted by Crippen LogP contribution is -1.97. The zero-order valence-electron chi connectivity index (χ0n) is 16.5. The molecule has 0 atom stereocenters. The average Bonchev–Trinajstić information content (AvgIpc) is 2.79. The number of aliphatic carboxylic acids is 1. The molecule has 30 heavy (non-hydrogen) atoms. The second-order valence-electron chi connectivity index (χ2n) is 6.81. The van der Waals surface area contributed by atoms with Crippen LogP contribution >= 0.6 is 0 Å². The molecule has 0 aromatic heterocycles. The van der Waals surface area contributed by atoms with Gasteiger partial charge in [-0.25, -0.2) is 4.79 Å². The third-order valence-electron chi connectivity index (χ3n) is 4.94. The monoisotopic (exact) mass is 396 g/mol. The smallest absolute Gasteiger partial charge is 0.335 e. The number of fused-ring (bicyclic) bond motifs is 1. The van der Waals surface area contributed by atoms with E-state index < -0.39 is 5.97 Å². The van der Waals surface area contributed by atoms with Crippen molar-refractivity contribution in [3.05, 3.63) is 97.1 Å². The first kappa shape index (κ1) is 19.3. The maximum atomic E-state index is 11.1. The molecule has 4 aromatic rings. The number of carbonyl (C=O) groups is 1. The van der Waals surface area contributed by atoms with Crippen LogP contribution in [0.4, 0.5) is 0 Å². The van der Waals surface area contributed by atoms with Crippen molar-refractivity contribution in [2.24, 2.45) is 0 Å². The molecule has 0 aliphatic rings. The van der Waals surface area contributed by atoms with Crippen molar-refractivity contribution in [1.29, 1.82) is 0 Å². The molecule has 0 saturated heterocycles. The van der Waals surface area contributed by atoms with Gasteiger partial charge in [-0.1, -0.05) is 61.2 Å². The fourth-order valence-corrected chi connectivity index (χ4v) is 3.34. The summed E-state index contributed by atoms with van der Waals surface area (Å²) < 4.78 is 11.7. The summed E-state index contributed by atoms with van der Waals surface area (Å²) in [6.45, 7) is 3.60. The highest BCUT2D eigenvalue weighted by molar-refractivity contribution is 6.14. The first-order valence-corrected chi connectivity index (χ1v) is 9.43. The summed E-state index contributed by atoms with van der Waals surface area (Å²) >= 11 is 0. The summed E-state index contributed by atoms with van der Waals surface area (Å²) in [4.78, 5) is 11.1. The van der Waals surface area contributed by atoms with Gasteiger partial charge < -0.3 is 14.6 Å². The molecule has 0 saturated carbocycles. The molecule has 1 N–H and O–H groups in total. The van der Waals surface area contributed by atoms with Crippen LogP contribution in [-0.4, -0.2) is 18.2 Å². The molecular formula is C26H20O4. The Kier molecular flexibility index (Phi) is 5.22. The fourth-order valence-electron chi connectivity index (χ4n) is 3.34. The van der Waals surface area contributed by atoms with Crippen molar-refractivity contribution in [3.8, 4) is 28.4 Å². The minimum absolute atomic E-state index is 0.0452. The number of methoxy groups -OCH3 is 1. The van der Waals surface area contributed by atoms with Crippen LogP contribution in [0.1, 0.15) is 5.56 Å². The second-order valence-corrected chi connectivity index (χ2v) is 6.81. The van der Waals surface area contributed by atoms with Crippen LogP contribution in [0.15, 0.2) is 91.5 Å². The number of carboxylic acids is 1. The lowest BCUT2D eigenvalue weighted by molar-refractivity contribution is -0.130. The van der Waals surface area contributed by atoms with Crippen LogP contribution in [0.25, 0.3) is 27.5 Å². The van der Waals surface area contributed by atoms with E-state index in [2.05, 4.69) is 12.6 Å². The molecule has 0 amide bonds. The van der Waals surface area contributed by atoms with E-state index in [9.17, 15) is 4.79 Å². The number of hydrogen-bond donors (Lipinski definition) is 1. The van der Waals surface area contributed by atoms with Crippen LogP contribution in [0, 0.1) is 0 Å². The molecule has 0 heterocycles. The summed E-state index contributed by atoms with van der Waals surface area (Å²) in [5.74, 6) is 1.06. The Balaban J connectivity index is 1.80. The normalized spacial score (nSPS) is 10.6. The van der Waals surface area contributed by atoms with Gasteiger partial charge in [-0.3, -0.25) is 0 Å². The summed E-state index contributed by atoms with van der Waals surface area (Å²) in [6, 6.07) is 26.9. The Morgan fingerprint density at radius 3 is 2.37 bits per heavy atom. The van der Waals surface area contributed by atoms with Crippen LogP contribution < -0.4 is 9.47 Å². The maximum absolute atomic E-state index is 11.1. The number of hydrogen-bond acceptors (Lipinski definition) is 3. The molecular weight excluding hydrogens is 376 g/mol. The first-order valence-electron chi connectivity index (χ1n) is 9.43. The summed E-state index contributed by atoms with van der Waals surface area (Å²) in [6.07, 6.45) is 0. The van der Waals surface area contributed by atoms with Gasteiger partial charge in [0, 0.05) is 10.9 Å². The van der Waals surface area contributed by atoms with Gasteiger partial charge in [0.2, 0.25) is 0 Å². The summed E-state index contributed by atoms with van der Waals surface area (Å²) in [7, 11) is 1.64. The van der Waals surface area contributed by atoms with Crippen molar-refractivity contribution in [2.75, 3.05) is 7.11 Å². The van der Waals surface area contributed by atoms with E-state index >= 15 is 0 Å². The van der Waals surface area contributed by atoms with Gasteiger partial charge >= 0.3 is 5.97 Å². The molecule has 148 valence electrons. The molecule has 0 spiro atoms. The Labute approximate surface area is 174 Å². The molecule has 4 aromatic carbocycles. The summed E-state index contributed by atoms with van der Waals surface area (Å²) in [5, 5.41) is 11.2. The number of rotatable bonds is 6. The zero-order chi connectivity index (χ0) is 21.1. The predicted molar refractivity (Wildman–Crippen MR) is 119 cm³/mol. The van der Waals surface area contributed by atoms with Gasteiger partial charge in [-0.15, -0.1) is 0 Å². The number of ether oxygens (including phenoxy) is 2. The molecule has 4 nitrogen and oxygen atoms in total. The standard InChI is InChI=1S/C26H20O4/c1-17(26(27)28)18-10-13-21(14-11-18)30-25-23-9-4-3-6-19(23)12-15-24(25)20-7-5-8-22(16-20)29-2/h3-16H,1H2,2H3,(H,27,28). The molecule has 0 bridgehead atoms. The van der Waals surface area contributed by atoms with Gasteiger partial charge in [0.15, 0.2) is 0 Å².